The lowest BCUT2D eigenvalue weighted by molar-refractivity contribution is -0.137. The van der Waals surface area contributed by atoms with Gasteiger partial charge in [0.1, 0.15) is 11.3 Å². The van der Waals surface area contributed by atoms with Crippen LogP contribution in [-0.2, 0) is 12.6 Å². The monoisotopic (exact) mass is 342 g/mol. The van der Waals surface area contributed by atoms with Crippen LogP contribution < -0.4 is 5.32 Å². The maximum Gasteiger partial charge on any atom is 0.417 e. The number of pyridine rings is 1. The number of amides is 1. The lowest BCUT2D eigenvalue weighted by Gasteiger charge is -2.11. The van der Waals surface area contributed by atoms with Crippen LogP contribution in [0.4, 0.5) is 13.2 Å². The number of aromatic nitrogens is 2. The molecule has 0 atom stereocenters. The summed E-state index contributed by atoms with van der Waals surface area (Å²) >= 11 is 0. The lowest BCUT2D eigenvalue weighted by atomic mass is 10.2. The van der Waals surface area contributed by atoms with E-state index in [-0.39, 0.29) is 5.69 Å². The van der Waals surface area contributed by atoms with Crippen molar-refractivity contribution in [1.82, 2.24) is 19.6 Å². The second-order valence-electron chi connectivity index (χ2n) is 5.82. The van der Waals surface area contributed by atoms with Gasteiger partial charge < -0.3 is 10.2 Å². The molecule has 0 saturated carbocycles. The molecule has 0 bridgehead atoms. The van der Waals surface area contributed by atoms with Gasteiger partial charge in [-0.25, -0.2) is 4.98 Å². The van der Waals surface area contributed by atoms with Gasteiger partial charge in [-0.15, -0.1) is 0 Å². The molecule has 8 heteroatoms. The largest absolute Gasteiger partial charge is 0.417 e. The summed E-state index contributed by atoms with van der Waals surface area (Å²) in [6.45, 7) is 3.08. The van der Waals surface area contributed by atoms with Gasteiger partial charge in [0, 0.05) is 12.7 Å². The van der Waals surface area contributed by atoms with E-state index in [4.69, 9.17) is 0 Å². The predicted molar refractivity (Wildman–Crippen MR) is 85.1 cm³/mol. The summed E-state index contributed by atoms with van der Waals surface area (Å²) in [6.07, 6.45) is -2.32. The van der Waals surface area contributed by atoms with E-state index in [1.165, 1.54) is 10.5 Å². The molecule has 0 aromatic carbocycles. The average molecular weight is 342 g/mol. The molecule has 0 aliphatic carbocycles. The Morgan fingerprint density at radius 1 is 1.33 bits per heavy atom. The fourth-order valence-electron chi connectivity index (χ4n) is 2.43. The summed E-state index contributed by atoms with van der Waals surface area (Å²) in [4.78, 5) is 18.7. The van der Waals surface area contributed by atoms with E-state index >= 15 is 0 Å². The van der Waals surface area contributed by atoms with Crippen LogP contribution in [0.3, 0.4) is 0 Å². The first kappa shape index (κ1) is 18.3. The molecule has 2 rings (SSSR count). The number of nitrogens with zero attached hydrogens (tertiary/aromatic N) is 3. The Kier molecular flexibility index (Phi) is 5.48. The van der Waals surface area contributed by atoms with Crippen molar-refractivity contribution in [3.8, 4) is 0 Å². The summed E-state index contributed by atoms with van der Waals surface area (Å²) in [5.74, 6) is -0.405. The fraction of sp³-hybridized carbons (Fsp3) is 0.500. The van der Waals surface area contributed by atoms with Crippen molar-refractivity contribution in [1.29, 1.82) is 0 Å². The maximum atomic E-state index is 12.9. The van der Waals surface area contributed by atoms with Crippen LogP contribution in [0, 0.1) is 0 Å². The van der Waals surface area contributed by atoms with Crippen molar-refractivity contribution in [3.05, 3.63) is 35.3 Å². The normalized spacial score (nSPS) is 12.1. The number of alkyl halides is 3. The first-order valence-corrected chi connectivity index (χ1v) is 7.75. The van der Waals surface area contributed by atoms with E-state index in [1.54, 1.807) is 0 Å². The van der Waals surface area contributed by atoms with Crippen molar-refractivity contribution in [2.24, 2.45) is 0 Å². The SMILES string of the molecule is CCc1nc2ccc(C(F)(F)F)cn2c1C(=O)NCCCN(C)C. The highest BCUT2D eigenvalue weighted by molar-refractivity contribution is 5.94. The van der Waals surface area contributed by atoms with E-state index in [0.717, 1.165) is 25.2 Å². The molecule has 0 spiro atoms. The Morgan fingerprint density at radius 3 is 2.62 bits per heavy atom. The molecule has 0 unspecified atom stereocenters. The summed E-state index contributed by atoms with van der Waals surface area (Å²) in [6, 6.07) is 2.26. The number of halogens is 3. The third-order valence-electron chi connectivity index (χ3n) is 3.64. The molecular formula is C16H21F3N4O. The molecule has 5 nitrogen and oxygen atoms in total. The highest BCUT2D eigenvalue weighted by atomic mass is 19.4. The van der Waals surface area contributed by atoms with Crippen molar-refractivity contribution in [2.75, 3.05) is 27.2 Å². The molecule has 132 valence electrons. The Morgan fingerprint density at radius 2 is 2.04 bits per heavy atom. The minimum atomic E-state index is -4.47. The maximum absolute atomic E-state index is 12.9. The number of hydrogen-bond donors (Lipinski definition) is 1. The van der Waals surface area contributed by atoms with Gasteiger partial charge in [-0.05, 0) is 45.6 Å². The molecule has 2 aromatic rings. The van der Waals surface area contributed by atoms with Crippen LogP contribution in [0.5, 0.6) is 0 Å². The Bertz CT molecular complexity index is 722. The number of hydrogen-bond acceptors (Lipinski definition) is 3. The molecule has 0 aliphatic rings. The van der Waals surface area contributed by atoms with Crippen molar-refractivity contribution in [2.45, 2.75) is 25.9 Å². The molecule has 1 N–H and O–H groups in total. The van der Waals surface area contributed by atoms with Gasteiger partial charge in [-0.1, -0.05) is 6.92 Å². The van der Waals surface area contributed by atoms with E-state index in [1.807, 2.05) is 25.9 Å². The quantitative estimate of drug-likeness (QED) is 0.821. The second kappa shape index (κ2) is 7.21. The molecule has 0 saturated heterocycles. The number of imidazole rings is 1. The van der Waals surface area contributed by atoms with Crippen LogP contribution >= 0.6 is 0 Å². The number of carbonyl (C=O) groups is 1. The Balaban J connectivity index is 2.31. The fourth-order valence-corrected chi connectivity index (χ4v) is 2.43. The zero-order chi connectivity index (χ0) is 17.9. The van der Waals surface area contributed by atoms with Gasteiger partial charge in [0.2, 0.25) is 0 Å². The topological polar surface area (TPSA) is 49.6 Å². The van der Waals surface area contributed by atoms with E-state index in [2.05, 4.69) is 10.3 Å². The zero-order valence-electron chi connectivity index (χ0n) is 13.9. The third kappa shape index (κ3) is 4.05. The van der Waals surface area contributed by atoms with Gasteiger partial charge in [0.25, 0.3) is 5.91 Å². The molecule has 0 fully saturated rings. The van der Waals surface area contributed by atoms with Crippen LogP contribution in [-0.4, -0.2) is 47.4 Å². The molecule has 24 heavy (non-hydrogen) atoms. The first-order chi connectivity index (χ1) is 11.2. The van der Waals surface area contributed by atoms with Crippen LogP contribution in [0.15, 0.2) is 18.3 Å². The smallest absolute Gasteiger partial charge is 0.351 e. The van der Waals surface area contributed by atoms with E-state index in [9.17, 15) is 18.0 Å². The van der Waals surface area contributed by atoms with E-state index < -0.39 is 17.6 Å². The minimum absolute atomic E-state index is 0.170. The molecule has 0 aliphatic heterocycles. The molecular weight excluding hydrogens is 321 g/mol. The molecule has 1 amide bonds. The van der Waals surface area contributed by atoms with Crippen LogP contribution in [0.2, 0.25) is 0 Å². The highest BCUT2D eigenvalue weighted by Gasteiger charge is 2.31. The van der Waals surface area contributed by atoms with E-state index in [0.29, 0.717) is 24.3 Å². The van der Waals surface area contributed by atoms with Crippen LogP contribution in [0.1, 0.15) is 35.1 Å². The standard InChI is InChI=1S/C16H21F3N4O/c1-4-12-14(15(24)20-8-5-9-22(2)3)23-10-11(16(17,18)19)6-7-13(23)21-12/h6-7,10H,4-5,8-9H2,1-3H3,(H,20,24). The van der Waals surface area contributed by atoms with Crippen molar-refractivity contribution in [3.63, 3.8) is 0 Å². The minimum Gasteiger partial charge on any atom is -0.351 e. The van der Waals surface area contributed by atoms with Crippen molar-refractivity contribution >= 4 is 11.6 Å². The summed E-state index contributed by atoms with van der Waals surface area (Å²) in [5, 5.41) is 2.76. The highest BCUT2D eigenvalue weighted by Crippen LogP contribution is 2.29. The molecule has 0 radical (unpaired) electrons. The van der Waals surface area contributed by atoms with Gasteiger partial charge in [0.05, 0.1) is 11.3 Å². The van der Waals surface area contributed by atoms with Gasteiger partial charge in [0.15, 0.2) is 0 Å². The molecule has 2 aromatic heterocycles. The summed E-state index contributed by atoms with van der Waals surface area (Å²) in [7, 11) is 3.86. The second-order valence-corrected chi connectivity index (χ2v) is 5.82. The Labute approximate surface area is 138 Å². The number of fused-ring (bicyclic) bond motifs is 1. The lowest BCUT2D eigenvalue weighted by Crippen LogP contribution is -2.29. The Hall–Kier alpha value is -2.09. The van der Waals surface area contributed by atoms with Gasteiger partial charge in [-0.2, -0.15) is 13.2 Å². The third-order valence-corrected chi connectivity index (χ3v) is 3.64. The summed E-state index contributed by atoms with van der Waals surface area (Å²) < 4.78 is 40.0. The molecule has 2 heterocycles. The number of carbonyl (C=O) groups excluding carboxylic acids is 1. The first-order valence-electron chi connectivity index (χ1n) is 7.75. The number of nitrogens with one attached hydrogen (secondary N) is 1. The van der Waals surface area contributed by atoms with Gasteiger partial charge in [-0.3, -0.25) is 9.20 Å². The predicted octanol–water partition coefficient (Wildman–Crippen LogP) is 2.60. The van der Waals surface area contributed by atoms with Crippen molar-refractivity contribution < 1.29 is 18.0 Å². The average Bonchev–Trinajstić information content (AvgIpc) is 2.87. The number of rotatable bonds is 6. The van der Waals surface area contributed by atoms with Crippen LogP contribution in [0.25, 0.3) is 5.65 Å². The number of aryl methyl sites for hydroxylation is 1. The zero-order valence-corrected chi connectivity index (χ0v) is 13.9. The van der Waals surface area contributed by atoms with Gasteiger partial charge >= 0.3 is 6.18 Å². The summed E-state index contributed by atoms with van der Waals surface area (Å²) in [5.41, 5.74) is 0.179.